The zero-order valence-electron chi connectivity index (χ0n) is 20.5. The molecule has 2 aliphatic rings. The van der Waals surface area contributed by atoms with E-state index in [0.717, 1.165) is 17.0 Å². The maximum Gasteiger partial charge on any atom is 0.234 e. The van der Waals surface area contributed by atoms with E-state index in [1.54, 1.807) is 36.4 Å². The van der Waals surface area contributed by atoms with Gasteiger partial charge in [-0.05, 0) is 60.7 Å². The van der Waals surface area contributed by atoms with Gasteiger partial charge in [-0.15, -0.1) is 0 Å². The number of allylic oxidation sites excluding steroid dienone is 3. The first-order chi connectivity index (χ1) is 17.2. The van der Waals surface area contributed by atoms with Crippen molar-refractivity contribution in [2.24, 2.45) is 5.41 Å². The minimum Gasteiger partial charge on any atom is -0.494 e. The predicted octanol–water partition coefficient (Wildman–Crippen LogP) is 6.18. The van der Waals surface area contributed by atoms with Crippen molar-refractivity contribution in [2.75, 3.05) is 17.7 Å². The van der Waals surface area contributed by atoms with Crippen LogP contribution in [0.15, 0.2) is 70.4 Å². The van der Waals surface area contributed by atoms with Crippen molar-refractivity contribution >= 4 is 40.7 Å². The summed E-state index contributed by atoms with van der Waals surface area (Å²) in [7, 11) is 0. The molecular formula is C28H28ClN3O3S. The number of amides is 1. The molecule has 186 valence electrons. The standard InChI is InChI=1S/C28H28ClN3O3S/c1-4-35-20-11-9-19(10-12-20)31-24(34)16-36-27-21(15-30)25(17-5-7-18(29)8-6-17)26-22(32-27)13-28(2,3)14-23(26)33/h5-12,25,32H,4,13-14,16H2,1-3H3,(H,31,34)/t25-/m1/s1. The fraction of sp³-hybridized carbons (Fsp3) is 0.321. The topological polar surface area (TPSA) is 91.2 Å². The second-order valence-electron chi connectivity index (χ2n) is 9.59. The number of ketones is 1. The molecule has 6 nitrogen and oxygen atoms in total. The zero-order valence-corrected chi connectivity index (χ0v) is 22.1. The van der Waals surface area contributed by atoms with E-state index in [2.05, 4.69) is 30.6 Å². The average Bonchev–Trinajstić information content (AvgIpc) is 2.83. The highest BCUT2D eigenvalue weighted by molar-refractivity contribution is 8.03. The lowest BCUT2D eigenvalue weighted by atomic mass is 9.69. The monoisotopic (exact) mass is 521 g/mol. The van der Waals surface area contributed by atoms with E-state index in [-0.39, 0.29) is 22.9 Å². The Morgan fingerprint density at radius 2 is 1.89 bits per heavy atom. The molecule has 36 heavy (non-hydrogen) atoms. The molecule has 0 aromatic heterocycles. The van der Waals surface area contributed by atoms with E-state index in [4.69, 9.17) is 16.3 Å². The molecule has 0 saturated carbocycles. The van der Waals surface area contributed by atoms with Crippen molar-refractivity contribution in [2.45, 2.75) is 39.5 Å². The summed E-state index contributed by atoms with van der Waals surface area (Å²) in [4.78, 5) is 26.0. The normalized spacial score (nSPS) is 18.8. The van der Waals surface area contributed by atoms with Gasteiger partial charge in [0.2, 0.25) is 5.91 Å². The highest BCUT2D eigenvalue weighted by Gasteiger charge is 2.41. The number of benzene rings is 2. The number of nitrogens with one attached hydrogen (secondary N) is 2. The summed E-state index contributed by atoms with van der Waals surface area (Å²) in [5.41, 5.74) is 3.19. The predicted molar refractivity (Wildman–Crippen MR) is 144 cm³/mol. The molecule has 2 N–H and O–H groups in total. The SMILES string of the molecule is CCOc1ccc(NC(=O)CSC2=C(C#N)[C@@H](c3ccc(Cl)cc3)C3=C(CC(C)(C)CC3=O)N2)cc1. The van der Waals surface area contributed by atoms with Gasteiger partial charge in [-0.3, -0.25) is 9.59 Å². The Bertz CT molecular complexity index is 1270. The van der Waals surface area contributed by atoms with Crippen LogP contribution in [0, 0.1) is 16.7 Å². The minimum atomic E-state index is -0.496. The highest BCUT2D eigenvalue weighted by Crippen LogP contribution is 2.47. The summed E-state index contributed by atoms with van der Waals surface area (Å²) in [6.45, 7) is 6.61. The van der Waals surface area contributed by atoms with Crippen molar-refractivity contribution in [3.05, 3.63) is 81.0 Å². The van der Waals surface area contributed by atoms with Gasteiger partial charge < -0.3 is 15.4 Å². The number of nitrogens with zero attached hydrogens (tertiary/aromatic N) is 1. The zero-order chi connectivity index (χ0) is 25.9. The van der Waals surface area contributed by atoms with Gasteiger partial charge in [0.25, 0.3) is 0 Å². The molecule has 1 aliphatic carbocycles. The molecule has 2 aromatic rings. The molecule has 4 rings (SSSR count). The van der Waals surface area contributed by atoms with Crippen LogP contribution in [0.2, 0.25) is 5.02 Å². The number of thioether (sulfide) groups is 1. The molecule has 1 amide bonds. The molecule has 1 heterocycles. The van der Waals surface area contributed by atoms with Gasteiger partial charge in [-0.1, -0.05) is 49.3 Å². The molecule has 0 spiro atoms. The summed E-state index contributed by atoms with van der Waals surface area (Å²) >= 11 is 7.37. The van der Waals surface area contributed by atoms with Crippen LogP contribution in [-0.4, -0.2) is 24.1 Å². The Labute approximate surface area is 220 Å². The van der Waals surface area contributed by atoms with Crippen LogP contribution in [0.5, 0.6) is 5.75 Å². The van der Waals surface area contributed by atoms with E-state index in [1.807, 2.05) is 19.1 Å². The maximum absolute atomic E-state index is 13.3. The van der Waals surface area contributed by atoms with Crippen molar-refractivity contribution in [1.82, 2.24) is 5.32 Å². The number of anilines is 1. The molecule has 8 heteroatoms. The van der Waals surface area contributed by atoms with Gasteiger partial charge in [-0.2, -0.15) is 5.26 Å². The van der Waals surface area contributed by atoms with Gasteiger partial charge in [-0.25, -0.2) is 0 Å². The van der Waals surface area contributed by atoms with Crippen molar-refractivity contribution in [3.63, 3.8) is 0 Å². The molecule has 0 radical (unpaired) electrons. The average molecular weight is 522 g/mol. The molecule has 0 saturated heterocycles. The number of halogens is 1. The van der Waals surface area contributed by atoms with E-state index in [0.29, 0.717) is 46.3 Å². The fourth-order valence-corrected chi connectivity index (χ4v) is 5.60. The van der Waals surface area contributed by atoms with Gasteiger partial charge in [0.05, 0.1) is 34.9 Å². The van der Waals surface area contributed by atoms with Gasteiger partial charge in [0.15, 0.2) is 5.78 Å². The van der Waals surface area contributed by atoms with Crippen LogP contribution in [0.1, 0.15) is 45.1 Å². The Kier molecular flexibility index (Phi) is 7.77. The second kappa shape index (κ2) is 10.8. The molecular weight excluding hydrogens is 494 g/mol. The lowest BCUT2D eigenvalue weighted by Crippen LogP contribution is -2.37. The number of dihydropyridines is 1. The third-order valence-corrected chi connectivity index (χ3v) is 7.40. The Morgan fingerprint density at radius 3 is 2.53 bits per heavy atom. The number of carbonyl (C=O) groups is 2. The molecule has 0 fully saturated rings. The maximum atomic E-state index is 13.3. The summed E-state index contributed by atoms with van der Waals surface area (Å²) < 4.78 is 5.44. The van der Waals surface area contributed by atoms with Crippen LogP contribution in [0.4, 0.5) is 5.69 Å². The Balaban J connectivity index is 1.59. The lowest BCUT2D eigenvalue weighted by molar-refractivity contribution is -0.118. The van der Waals surface area contributed by atoms with E-state index in [9.17, 15) is 14.9 Å². The van der Waals surface area contributed by atoms with Crippen molar-refractivity contribution in [1.29, 1.82) is 5.26 Å². The quantitative estimate of drug-likeness (QED) is 0.452. The minimum absolute atomic E-state index is 0.0405. The summed E-state index contributed by atoms with van der Waals surface area (Å²) in [5, 5.41) is 17.6. The van der Waals surface area contributed by atoms with E-state index < -0.39 is 5.92 Å². The number of hydrogen-bond acceptors (Lipinski definition) is 6. The molecule has 1 atom stereocenters. The van der Waals surface area contributed by atoms with Crippen molar-refractivity contribution < 1.29 is 14.3 Å². The number of ether oxygens (including phenoxy) is 1. The van der Waals surface area contributed by atoms with Crippen LogP contribution in [-0.2, 0) is 9.59 Å². The number of carbonyl (C=O) groups excluding carboxylic acids is 2. The number of Topliss-reactive ketones (excluding diaryl/α,β-unsaturated/α-hetero) is 1. The summed E-state index contributed by atoms with van der Waals surface area (Å²) in [6, 6.07) is 16.7. The summed E-state index contributed by atoms with van der Waals surface area (Å²) in [6.07, 6.45) is 1.10. The van der Waals surface area contributed by atoms with Crippen LogP contribution in [0.25, 0.3) is 0 Å². The van der Waals surface area contributed by atoms with Gasteiger partial charge in [0.1, 0.15) is 5.75 Å². The third kappa shape index (κ3) is 5.77. The molecule has 0 bridgehead atoms. The number of nitriles is 1. The van der Waals surface area contributed by atoms with Gasteiger partial charge >= 0.3 is 0 Å². The first-order valence-corrected chi connectivity index (χ1v) is 13.2. The lowest BCUT2D eigenvalue weighted by Gasteiger charge is -2.39. The summed E-state index contributed by atoms with van der Waals surface area (Å²) in [5.74, 6) is 0.192. The smallest absolute Gasteiger partial charge is 0.234 e. The Hall–Kier alpha value is -3.21. The highest BCUT2D eigenvalue weighted by atomic mass is 35.5. The van der Waals surface area contributed by atoms with Crippen LogP contribution < -0.4 is 15.4 Å². The molecule has 1 aliphatic heterocycles. The first-order valence-electron chi connectivity index (χ1n) is 11.8. The second-order valence-corrected chi connectivity index (χ2v) is 11.0. The van der Waals surface area contributed by atoms with Crippen LogP contribution >= 0.6 is 23.4 Å². The largest absolute Gasteiger partial charge is 0.494 e. The van der Waals surface area contributed by atoms with E-state index >= 15 is 0 Å². The Morgan fingerprint density at radius 1 is 1.19 bits per heavy atom. The van der Waals surface area contributed by atoms with Gasteiger partial charge in [0, 0.05) is 28.4 Å². The third-order valence-electron chi connectivity index (χ3n) is 6.13. The fourth-order valence-electron chi connectivity index (χ4n) is 4.61. The van der Waals surface area contributed by atoms with Crippen molar-refractivity contribution in [3.8, 4) is 11.8 Å². The number of hydrogen-bond donors (Lipinski definition) is 2. The molecule has 2 aromatic carbocycles. The first kappa shape index (κ1) is 25.9. The van der Waals surface area contributed by atoms with E-state index in [1.165, 1.54) is 11.8 Å². The van der Waals surface area contributed by atoms with Crippen LogP contribution in [0.3, 0.4) is 0 Å². The number of rotatable bonds is 7. The molecule has 0 unspecified atom stereocenters.